The van der Waals surface area contributed by atoms with Gasteiger partial charge in [-0.2, -0.15) is 0 Å². The van der Waals surface area contributed by atoms with E-state index in [-0.39, 0.29) is 0 Å². The third kappa shape index (κ3) is 2.72. The number of hydrogen-bond donors (Lipinski definition) is 1. The molecule has 0 saturated carbocycles. The highest BCUT2D eigenvalue weighted by Crippen LogP contribution is 2.35. The molecule has 3 nitrogen and oxygen atoms in total. The Morgan fingerprint density at radius 3 is 2.94 bits per heavy atom. The summed E-state index contributed by atoms with van der Waals surface area (Å²) in [7, 11) is 0. The van der Waals surface area contributed by atoms with Crippen molar-refractivity contribution in [3.05, 3.63) is 20.8 Å². The maximum absolute atomic E-state index is 11.3. The highest BCUT2D eigenvalue weighted by Gasteiger charge is 2.43. The van der Waals surface area contributed by atoms with Crippen LogP contribution in [0.1, 0.15) is 24.6 Å². The van der Waals surface area contributed by atoms with Gasteiger partial charge in [0.2, 0.25) is 0 Å². The van der Waals surface area contributed by atoms with Crippen LogP contribution in [0.15, 0.2) is 15.9 Å². The fourth-order valence-electron chi connectivity index (χ4n) is 2.36. The molecule has 2 heterocycles. The number of aliphatic carboxylic acids is 1. The first-order valence-electron chi connectivity index (χ1n) is 5.74. The van der Waals surface area contributed by atoms with Gasteiger partial charge in [-0.05, 0) is 41.4 Å². The number of carboxylic acid groups (broad SMARTS) is 1. The Bertz CT molecular complexity index is 420. The van der Waals surface area contributed by atoms with E-state index in [9.17, 15) is 9.90 Å². The van der Waals surface area contributed by atoms with Crippen molar-refractivity contribution in [3.8, 4) is 0 Å². The number of carbonyl (C=O) groups is 1. The third-order valence-corrected chi connectivity index (χ3v) is 5.25. The molecule has 1 N–H and O–H groups in total. The van der Waals surface area contributed by atoms with Crippen LogP contribution in [0.25, 0.3) is 0 Å². The molecule has 94 valence electrons. The van der Waals surface area contributed by atoms with Crippen molar-refractivity contribution in [1.29, 1.82) is 0 Å². The Hall–Kier alpha value is -0.390. The molecule has 0 aromatic carbocycles. The minimum Gasteiger partial charge on any atom is -0.481 e. The molecule has 1 unspecified atom stereocenters. The van der Waals surface area contributed by atoms with Crippen LogP contribution in [0.3, 0.4) is 0 Å². The molecule has 17 heavy (non-hydrogen) atoms. The molecule has 1 atom stereocenters. The zero-order valence-corrected chi connectivity index (χ0v) is 12.2. The summed E-state index contributed by atoms with van der Waals surface area (Å²) < 4.78 is 1.11. The highest BCUT2D eigenvalue weighted by atomic mass is 79.9. The Labute approximate surface area is 114 Å². The molecule has 0 amide bonds. The third-order valence-electron chi connectivity index (χ3n) is 3.56. The van der Waals surface area contributed by atoms with E-state index < -0.39 is 11.4 Å². The smallest absolute Gasteiger partial charge is 0.310 e. The van der Waals surface area contributed by atoms with Crippen LogP contribution in [0, 0.1) is 5.41 Å². The van der Waals surface area contributed by atoms with Crippen molar-refractivity contribution in [3.63, 3.8) is 0 Å². The van der Waals surface area contributed by atoms with Gasteiger partial charge in [-0.25, -0.2) is 0 Å². The number of carboxylic acids is 1. The topological polar surface area (TPSA) is 40.5 Å². The van der Waals surface area contributed by atoms with Crippen LogP contribution in [0.2, 0.25) is 0 Å². The number of likely N-dealkylation sites (tertiary alicyclic amines) is 1. The lowest BCUT2D eigenvalue weighted by Gasteiger charge is -2.22. The summed E-state index contributed by atoms with van der Waals surface area (Å²) in [6.07, 6.45) is 1.48. The Morgan fingerprint density at radius 2 is 2.47 bits per heavy atom. The van der Waals surface area contributed by atoms with Gasteiger partial charge in [-0.15, -0.1) is 11.3 Å². The highest BCUT2D eigenvalue weighted by molar-refractivity contribution is 9.10. The number of thiophene rings is 1. The molecule has 1 aromatic rings. The number of halogens is 1. The Morgan fingerprint density at radius 1 is 1.71 bits per heavy atom. The van der Waals surface area contributed by atoms with Crippen molar-refractivity contribution in [1.82, 2.24) is 4.90 Å². The Kier molecular flexibility index (Phi) is 3.90. The van der Waals surface area contributed by atoms with E-state index in [2.05, 4.69) is 32.3 Å². The molecule has 1 aromatic heterocycles. The van der Waals surface area contributed by atoms with Gasteiger partial charge in [0.15, 0.2) is 0 Å². The fourth-order valence-corrected chi connectivity index (χ4v) is 3.86. The molecule has 0 radical (unpaired) electrons. The molecular weight excluding hydrogens is 302 g/mol. The predicted molar refractivity (Wildman–Crippen MR) is 72.3 cm³/mol. The normalized spacial score (nSPS) is 25.3. The molecule has 1 aliphatic heterocycles. The fraction of sp³-hybridized carbons (Fsp3) is 0.583. The maximum atomic E-state index is 11.3. The average Bonchev–Trinajstić information content (AvgIpc) is 2.87. The molecule has 1 saturated heterocycles. The van der Waals surface area contributed by atoms with E-state index in [0.717, 1.165) is 24.0 Å². The molecule has 0 bridgehead atoms. The quantitative estimate of drug-likeness (QED) is 0.927. The van der Waals surface area contributed by atoms with E-state index in [1.807, 2.05) is 6.92 Å². The van der Waals surface area contributed by atoms with Crippen molar-refractivity contribution in [2.45, 2.75) is 26.3 Å². The molecule has 0 aliphatic carbocycles. The minimum atomic E-state index is -0.644. The Balaban J connectivity index is 2.00. The SMILES string of the molecule is CCC1(C(=O)O)CCN(Cc2cc(Br)cs2)C1. The number of rotatable bonds is 4. The van der Waals surface area contributed by atoms with E-state index >= 15 is 0 Å². The molecule has 0 spiro atoms. The van der Waals surface area contributed by atoms with Crippen LogP contribution in [-0.4, -0.2) is 29.1 Å². The minimum absolute atomic E-state index is 0.519. The summed E-state index contributed by atoms with van der Waals surface area (Å²) in [4.78, 5) is 14.9. The summed E-state index contributed by atoms with van der Waals surface area (Å²) in [6.45, 7) is 4.40. The number of hydrogen-bond acceptors (Lipinski definition) is 3. The van der Waals surface area contributed by atoms with Gasteiger partial charge >= 0.3 is 5.97 Å². The summed E-state index contributed by atoms with van der Waals surface area (Å²) in [6, 6.07) is 2.11. The van der Waals surface area contributed by atoms with Gasteiger partial charge < -0.3 is 5.11 Å². The lowest BCUT2D eigenvalue weighted by molar-refractivity contribution is -0.148. The molecule has 1 fully saturated rings. The van der Waals surface area contributed by atoms with Gasteiger partial charge in [-0.1, -0.05) is 6.92 Å². The molecular formula is C12H16BrNO2S. The predicted octanol–water partition coefficient (Wildman–Crippen LogP) is 3.20. The van der Waals surface area contributed by atoms with Gasteiger partial charge in [0.1, 0.15) is 0 Å². The van der Waals surface area contributed by atoms with E-state index in [4.69, 9.17) is 0 Å². The lowest BCUT2D eigenvalue weighted by Crippen LogP contribution is -2.33. The molecule has 5 heteroatoms. The summed E-state index contributed by atoms with van der Waals surface area (Å²) in [5, 5.41) is 11.4. The molecule has 1 aliphatic rings. The second-order valence-electron chi connectivity index (χ2n) is 4.63. The van der Waals surface area contributed by atoms with Gasteiger partial charge in [0, 0.05) is 27.8 Å². The van der Waals surface area contributed by atoms with Crippen LogP contribution < -0.4 is 0 Å². The summed E-state index contributed by atoms with van der Waals surface area (Å²) >= 11 is 5.16. The second-order valence-corrected chi connectivity index (χ2v) is 6.54. The van der Waals surface area contributed by atoms with E-state index in [1.165, 1.54) is 4.88 Å². The van der Waals surface area contributed by atoms with Crippen LogP contribution in [0.4, 0.5) is 0 Å². The van der Waals surface area contributed by atoms with Crippen molar-refractivity contribution < 1.29 is 9.90 Å². The van der Waals surface area contributed by atoms with Crippen LogP contribution >= 0.6 is 27.3 Å². The van der Waals surface area contributed by atoms with Crippen molar-refractivity contribution in [2.75, 3.05) is 13.1 Å². The van der Waals surface area contributed by atoms with Crippen molar-refractivity contribution >= 4 is 33.2 Å². The van der Waals surface area contributed by atoms with Crippen LogP contribution in [-0.2, 0) is 11.3 Å². The van der Waals surface area contributed by atoms with E-state index in [1.54, 1.807) is 11.3 Å². The first kappa shape index (κ1) is 13.1. The van der Waals surface area contributed by atoms with E-state index in [0.29, 0.717) is 13.0 Å². The zero-order chi connectivity index (χ0) is 12.5. The van der Waals surface area contributed by atoms with Gasteiger partial charge in [-0.3, -0.25) is 9.69 Å². The van der Waals surface area contributed by atoms with Gasteiger partial charge in [0.25, 0.3) is 0 Å². The van der Waals surface area contributed by atoms with Crippen molar-refractivity contribution in [2.24, 2.45) is 5.41 Å². The maximum Gasteiger partial charge on any atom is 0.310 e. The standard InChI is InChI=1S/C12H16BrNO2S/c1-2-12(11(15)16)3-4-14(8-12)6-10-5-9(13)7-17-10/h5,7H,2-4,6,8H2,1H3,(H,15,16). The average molecular weight is 318 g/mol. The monoisotopic (exact) mass is 317 g/mol. The lowest BCUT2D eigenvalue weighted by atomic mass is 9.84. The first-order chi connectivity index (χ1) is 8.05. The zero-order valence-electron chi connectivity index (χ0n) is 9.78. The summed E-state index contributed by atoms with van der Waals surface area (Å²) in [5.74, 6) is -0.644. The second kappa shape index (κ2) is 5.08. The largest absolute Gasteiger partial charge is 0.481 e. The summed E-state index contributed by atoms with van der Waals surface area (Å²) in [5.41, 5.74) is -0.519. The first-order valence-corrected chi connectivity index (χ1v) is 7.42. The number of nitrogens with zero attached hydrogens (tertiary/aromatic N) is 1. The van der Waals surface area contributed by atoms with Crippen LogP contribution in [0.5, 0.6) is 0 Å². The molecule has 2 rings (SSSR count). The van der Waals surface area contributed by atoms with Gasteiger partial charge in [0.05, 0.1) is 5.41 Å².